The van der Waals surface area contributed by atoms with Crippen molar-refractivity contribution in [2.75, 3.05) is 13.7 Å². The van der Waals surface area contributed by atoms with Crippen LogP contribution in [0.25, 0.3) is 5.76 Å². The number of Topliss-reactive ketones (excluding diaryl/α,β-unsaturated/α-hetero) is 1. The molecule has 0 spiro atoms. The van der Waals surface area contributed by atoms with E-state index in [4.69, 9.17) is 9.47 Å². The number of carbonyl (C=O) groups excluding carboxylic acids is 2. The van der Waals surface area contributed by atoms with Crippen molar-refractivity contribution in [3.8, 4) is 11.5 Å². The van der Waals surface area contributed by atoms with Crippen LogP contribution in [0, 0.1) is 0 Å². The lowest BCUT2D eigenvalue weighted by Crippen LogP contribution is -2.29. The zero-order valence-corrected chi connectivity index (χ0v) is 23.8. The summed E-state index contributed by atoms with van der Waals surface area (Å²) in [7, 11) is 1.55. The maximum atomic E-state index is 13.4. The second-order valence-electron chi connectivity index (χ2n) is 10.2. The number of hydrogen-bond donors (Lipinski definition) is 1. The van der Waals surface area contributed by atoms with Gasteiger partial charge in [0, 0.05) is 12.1 Å². The number of aliphatic hydroxyl groups excluding tert-OH is 1. The lowest BCUT2D eigenvalue weighted by molar-refractivity contribution is -0.140. The third-order valence-electron chi connectivity index (χ3n) is 6.62. The van der Waals surface area contributed by atoms with Gasteiger partial charge in [-0.05, 0) is 75.3 Å². The molecule has 3 aromatic carbocycles. The van der Waals surface area contributed by atoms with Crippen LogP contribution >= 0.6 is 15.9 Å². The molecule has 3 aromatic rings. The fourth-order valence-electron chi connectivity index (χ4n) is 4.62. The van der Waals surface area contributed by atoms with Crippen LogP contribution in [0.4, 0.5) is 0 Å². The normalized spacial score (nSPS) is 17.1. The highest BCUT2D eigenvalue weighted by atomic mass is 79.9. The van der Waals surface area contributed by atoms with E-state index in [2.05, 4.69) is 36.7 Å². The predicted molar refractivity (Wildman–Crippen MR) is 151 cm³/mol. The Labute approximate surface area is 232 Å². The summed E-state index contributed by atoms with van der Waals surface area (Å²) in [5.74, 6) is -0.338. The zero-order valence-electron chi connectivity index (χ0n) is 22.2. The van der Waals surface area contributed by atoms with Gasteiger partial charge in [0.2, 0.25) is 0 Å². The van der Waals surface area contributed by atoms with Gasteiger partial charge in [-0.3, -0.25) is 9.59 Å². The van der Waals surface area contributed by atoms with Crippen molar-refractivity contribution in [3.63, 3.8) is 0 Å². The van der Waals surface area contributed by atoms with E-state index in [9.17, 15) is 14.7 Å². The maximum absolute atomic E-state index is 13.4. The van der Waals surface area contributed by atoms with E-state index < -0.39 is 17.7 Å². The van der Waals surface area contributed by atoms with E-state index in [0.717, 1.165) is 16.7 Å². The summed E-state index contributed by atoms with van der Waals surface area (Å²) in [5, 5.41) is 11.4. The monoisotopic (exact) mass is 577 g/mol. The Bertz CT molecular complexity index is 1390. The van der Waals surface area contributed by atoms with Crippen molar-refractivity contribution in [3.05, 3.63) is 99.0 Å². The van der Waals surface area contributed by atoms with Gasteiger partial charge >= 0.3 is 0 Å². The highest BCUT2D eigenvalue weighted by Crippen LogP contribution is 2.41. The Hall–Kier alpha value is -3.58. The number of carbonyl (C=O) groups is 2. The molecule has 1 N–H and O–H groups in total. The van der Waals surface area contributed by atoms with Crippen molar-refractivity contribution in [1.82, 2.24) is 4.90 Å². The van der Waals surface area contributed by atoms with E-state index in [-0.39, 0.29) is 23.3 Å². The van der Waals surface area contributed by atoms with Gasteiger partial charge in [0.15, 0.2) is 0 Å². The first-order chi connectivity index (χ1) is 18.0. The van der Waals surface area contributed by atoms with Gasteiger partial charge in [-0.25, -0.2) is 0 Å². The highest BCUT2D eigenvalue weighted by Gasteiger charge is 2.46. The zero-order chi connectivity index (χ0) is 27.6. The highest BCUT2D eigenvalue weighted by molar-refractivity contribution is 9.10. The number of rotatable bonds is 7. The van der Waals surface area contributed by atoms with Crippen molar-refractivity contribution in [2.45, 2.75) is 45.7 Å². The average Bonchev–Trinajstić information content (AvgIpc) is 3.13. The molecule has 1 amide bonds. The number of aliphatic hydroxyl groups is 1. The molecular weight excluding hydrogens is 546 g/mol. The standard InChI is InChI=1S/C31H32BrNO5/c1-6-38-23-9-7-8-19(16-23)18-33-27(20-10-13-22(14-11-20)31(2,3)4)26(29(35)30(33)36)28(34)21-12-15-25(37-5)24(32)17-21/h7-17,27,34H,6,18H2,1-5H3/b28-26-. The molecule has 38 heavy (non-hydrogen) atoms. The number of hydrogen-bond acceptors (Lipinski definition) is 5. The van der Waals surface area contributed by atoms with E-state index in [1.807, 2.05) is 55.5 Å². The molecule has 6 nitrogen and oxygen atoms in total. The summed E-state index contributed by atoms with van der Waals surface area (Å²) < 4.78 is 11.5. The van der Waals surface area contributed by atoms with Gasteiger partial charge in [-0.15, -0.1) is 0 Å². The summed E-state index contributed by atoms with van der Waals surface area (Å²) in [4.78, 5) is 28.4. The molecule has 1 fully saturated rings. The van der Waals surface area contributed by atoms with Gasteiger partial charge in [-0.1, -0.05) is 57.2 Å². The van der Waals surface area contributed by atoms with Gasteiger partial charge in [0.05, 0.1) is 29.8 Å². The summed E-state index contributed by atoms with van der Waals surface area (Å²) in [6.07, 6.45) is 0. The van der Waals surface area contributed by atoms with Gasteiger partial charge in [-0.2, -0.15) is 0 Å². The molecule has 0 aromatic heterocycles. The van der Waals surface area contributed by atoms with Gasteiger partial charge in [0.1, 0.15) is 17.3 Å². The molecular formula is C31H32BrNO5. The van der Waals surface area contributed by atoms with E-state index in [1.54, 1.807) is 25.3 Å². The molecule has 1 aliphatic rings. The number of methoxy groups -OCH3 is 1. The maximum Gasteiger partial charge on any atom is 0.295 e. The third kappa shape index (κ3) is 5.48. The summed E-state index contributed by atoms with van der Waals surface area (Å²) in [5.41, 5.74) is 3.09. The fourth-order valence-corrected chi connectivity index (χ4v) is 5.16. The molecule has 1 aliphatic heterocycles. The number of amides is 1. The second kappa shape index (κ2) is 11.0. The minimum absolute atomic E-state index is 0.0524. The summed E-state index contributed by atoms with van der Waals surface area (Å²) in [6, 6.07) is 19.6. The molecule has 7 heteroatoms. The number of ketones is 1. The SMILES string of the molecule is CCOc1cccc(CN2C(=O)C(=O)/C(=C(\O)c3ccc(OC)c(Br)c3)C2c2ccc(C(C)(C)C)cc2)c1. The van der Waals surface area contributed by atoms with Crippen LogP contribution in [0.2, 0.25) is 0 Å². The quantitative estimate of drug-likeness (QED) is 0.190. The fraction of sp³-hybridized carbons (Fsp3) is 0.290. The first-order valence-electron chi connectivity index (χ1n) is 12.5. The molecule has 0 saturated carbocycles. The molecule has 4 rings (SSSR count). The van der Waals surface area contributed by atoms with Crippen LogP contribution in [0.1, 0.15) is 56.0 Å². The number of ether oxygens (including phenoxy) is 2. The van der Waals surface area contributed by atoms with Crippen LogP contribution < -0.4 is 9.47 Å². The largest absolute Gasteiger partial charge is 0.507 e. The first kappa shape index (κ1) is 27.5. The van der Waals surface area contributed by atoms with E-state index >= 15 is 0 Å². The lowest BCUT2D eigenvalue weighted by Gasteiger charge is -2.27. The van der Waals surface area contributed by atoms with Crippen molar-refractivity contribution in [2.24, 2.45) is 0 Å². The molecule has 198 valence electrons. The Morgan fingerprint density at radius 1 is 1.03 bits per heavy atom. The molecule has 1 saturated heterocycles. The predicted octanol–water partition coefficient (Wildman–Crippen LogP) is 6.78. The molecule has 1 unspecified atom stereocenters. The third-order valence-corrected chi connectivity index (χ3v) is 7.24. The molecule has 1 heterocycles. The molecule has 1 atom stereocenters. The molecule has 0 radical (unpaired) electrons. The topological polar surface area (TPSA) is 76.1 Å². The Morgan fingerprint density at radius 2 is 1.74 bits per heavy atom. The number of likely N-dealkylation sites (tertiary alicyclic amines) is 1. The number of nitrogens with zero attached hydrogens (tertiary/aromatic N) is 1. The molecule has 0 bridgehead atoms. The van der Waals surface area contributed by atoms with Gasteiger partial charge < -0.3 is 19.5 Å². The van der Waals surface area contributed by atoms with Crippen molar-refractivity contribution in [1.29, 1.82) is 0 Å². The Kier molecular flexibility index (Phi) is 7.97. The lowest BCUT2D eigenvalue weighted by atomic mass is 9.85. The van der Waals surface area contributed by atoms with Crippen molar-refractivity contribution < 1.29 is 24.2 Å². The number of benzene rings is 3. The summed E-state index contributed by atoms with van der Waals surface area (Å²) >= 11 is 3.44. The van der Waals surface area contributed by atoms with Crippen molar-refractivity contribution >= 4 is 33.4 Å². The second-order valence-corrected chi connectivity index (χ2v) is 11.1. The average molecular weight is 579 g/mol. The summed E-state index contributed by atoms with van der Waals surface area (Å²) in [6.45, 7) is 8.98. The Balaban J connectivity index is 1.84. The van der Waals surface area contributed by atoms with Crippen LogP contribution in [0.5, 0.6) is 11.5 Å². The van der Waals surface area contributed by atoms with E-state index in [1.165, 1.54) is 4.90 Å². The smallest absolute Gasteiger partial charge is 0.295 e. The number of halogens is 1. The minimum atomic E-state index is -0.763. The van der Waals surface area contributed by atoms with Crippen LogP contribution in [0.3, 0.4) is 0 Å². The first-order valence-corrected chi connectivity index (χ1v) is 13.3. The molecule has 0 aliphatic carbocycles. The van der Waals surface area contributed by atoms with Crippen LogP contribution in [0.15, 0.2) is 76.8 Å². The van der Waals surface area contributed by atoms with Crippen LogP contribution in [-0.2, 0) is 21.5 Å². The minimum Gasteiger partial charge on any atom is -0.507 e. The van der Waals surface area contributed by atoms with E-state index in [0.29, 0.717) is 28.1 Å². The van der Waals surface area contributed by atoms with Crippen LogP contribution in [-0.4, -0.2) is 35.4 Å². The Morgan fingerprint density at radius 3 is 2.34 bits per heavy atom. The van der Waals surface area contributed by atoms with Gasteiger partial charge in [0.25, 0.3) is 11.7 Å².